The molecular formula is C26H30N2O4S2. The van der Waals surface area contributed by atoms with Crippen LogP contribution in [0.25, 0.3) is 0 Å². The van der Waals surface area contributed by atoms with Crippen molar-refractivity contribution >= 4 is 33.4 Å². The van der Waals surface area contributed by atoms with E-state index in [9.17, 15) is 13.2 Å². The number of hydrogen-bond donors (Lipinski definition) is 1. The van der Waals surface area contributed by atoms with E-state index in [0.717, 1.165) is 22.2 Å². The quantitative estimate of drug-likeness (QED) is 0.368. The van der Waals surface area contributed by atoms with E-state index < -0.39 is 10.0 Å². The van der Waals surface area contributed by atoms with E-state index in [2.05, 4.69) is 24.4 Å². The minimum Gasteiger partial charge on any atom is -0.495 e. The summed E-state index contributed by atoms with van der Waals surface area (Å²) >= 11 is 1.82. The average Bonchev–Trinajstić information content (AvgIpc) is 2.86. The van der Waals surface area contributed by atoms with Gasteiger partial charge in [-0.2, -0.15) is 11.8 Å². The summed E-state index contributed by atoms with van der Waals surface area (Å²) in [5, 5.41) is 2.85. The molecule has 0 aliphatic heterocycles. The highest BCUT2D eigenvalue weighted by molar-refractivity contribution is 7.98. The van der Waals surface area contributed by atoms with Gasteiger partial charge < -0.3 is 10.1 Å². The first-order chi connectivity index (χ1) is 16.4. The number of para-hydroxylation sites is 2. The van der Waals surface area contributed by atoms with Gasteiger partial charge in [0.2, 0.25) is 5.91 Å². The lowest BCUT2D eigenvalue weighted by Crippen LogP contribution is -2.41. The van der Waals surface area contributed by atoms with Crippen LogP contribution in [0.2, 0.25) is 0 Å². The first kappa shape index (κ1) is 25.6. The second kappa shape index (κ2) is 12.5. The number of methoxy groups -OCH3 is 1. The van der Waals surface area contributed by atoms with Gasteiger partial charge in [-0.1, -0.05) is 54.6 Å². The Morgan fingerprint density at radius 2 is 1.65 bits per heavy atom. The predicted octanol–water partition coefficient (Wildman–Crippen LogP) is 4.64. The zero-order valence-corrected chi connectivity index (χ0v) is 21.1. The minimum absolute atomic E-state index is 0.112. The van der Waals surface area contributed by atoms with Crippen molar-refractivity contribution in [3.63, 3.8) is 0 Å². The summed E-state index contributed by atoms with van der Waals surface area (Å²) in [6, 6.07) is 23.2. The van der Waals surface area contributed by atoms with E-state index in [4.69, 9.17) is 4.74 Å². The van der Waals surface area contributed by atoms with E-state index in [1.54, 1.807) is 42.5 Å². The summed E-state index contributed by atoms with van der Waals surface area (Å²) in [7, 11) is -2.49. The Morgan fingerprint density at radius 3 is 2.38 bits per heavy atom. The fourth-order valence-electron chi connectivity index (χ4n) is 3.40. The fourth-order valence-corrected chi connectivity index (χ4v) is 5.89. The van der Waals surface area contributed by atoms with Crippen LogP contribution in [-0.4, -0.2) is 40.3 Å². The maximum Gasteiger partial charge on any atom is 0.264 e. The van der Waals surface area contributed by atoms with Crippen LogP contribution in [0.5, 0.6) is 5.75 Å². The van der Waals surface area contributed by atoms with Crippen molar-refractivity contribution < 1.29 is 17.9 Å². The predicted molar refractivity (Wildman–Crippen MR) is 139 cm³/mol. The molecule has 0 bridgehead atoms. The van der Waals surface area contributed by atoms with Crippen LogP contribution < -0.4 is 14.4 Å². The van der Waals surface area contributed by atoms with Crippen molar-refractivity contribution in [2.75, 3.05) is 30.3 Å². The number of nitrogens with one attached hydrogen (secondary N) is 1. The van der Waals surface area contributed by atoms with Crippen molar-refractivity contribution in [1.82, 2.24) is 5.32 Å². The van der Waals surface area contributed by atoms with Crippen LogP contribution in [0.15, 0.2) is 83.8 Å². The number of hydrogen-bond acceptors (Lipinski definition) is 5. The Balaban J connectivity index is 1.61. The van der Waals surface area contributed by atoms with Gasteiger partial charge in [-0.3, -0.25) is 9.10 Å². The Morgan fingerprint density at radius 1 is 0.971 bits per heavy atom. The third-order valence-electron chi connectivity index (χ3n) is 5.28. The van der Waals surface area contributed by atoms with Gasteiger partial charge in [0, 0.05) is 12.3 Å². The molecule has 0 aliphatic rings. The number of carbonyl (C=O) groups excluding carboxylic acids is 1. The van der Waals surface area contributed by atoms with E-state index in [-0.39, 0.29) is 17.3 Å². The Labute approximate surface area is 206 Å². The van der Waals surface area contributed by atoms with Gasteiger partial charge in [0.25, 0.3) is 10.0 Å². The number of nitrogens with zero attached hydrogens (tertiary/aromatic N) is 1. The zero-order chi connectivity index (χ0) is 24.4. The van der Waals surface area contributed by atoms with Crippen LogP contribution in [0.4, 0.5) is 5.69 Å². The molecule has 0 unspecified atom stereocenters. The topological polar surface area (TPSA) is 75.7 Å². The summed E-state index contributed by atoms with van der Waals surface area (Å²) in [6.07, 6.45) is 0.794. The van der Waals surface area contributed by atoms with E-state index in [1.165, 1.54) is 30.4 Å². The van der Waals surface area contributed by atoms with E-state index >= 15 is 0 Å². The Hall–Kier alpha value is -2.97. The van der Waals surface area contributed by atoms with Crippen molar-refractivity contribution in [2.45, 2.75) is 24.0 Å². The highest BCUT2D eigenvalue weighted by atomic mass is 32.2. The number of benzene rings is 3. The molecule has 0 aliphatic carbocycles. The number of aryl methyl sites for hydroxylation is 1. The van der Waals surface area contributed by atoms with Crippen molar-refractivity contribution in [3.05, 3.63) is 90.0 Å². The smallest absolute Gasteiger partial charge is 0.264 e. The fraction of sp³-hybridized carbons (Fsp3) is 0.269. The van der Waals surface area contributed by atoms with Crippen molar-refractivity contribution in [2.24, 2.45) is 0 Å². The van der Waals surface area contributed by atoms with Gasteiger partial charge in [0.15, 0.2) is 0 Å². The number of amides is 1. The molecule has 3 aromatic rings. The monoisotopic (exact) mass is 498 g/mol. The third kappa shape index (κ3) is 6.77. The molecule has 0 atom stereocenters. The standard InChI is InChI=1S/C26H30N2O4S2/c1-21-11-6-7-12-22(21)20-33-18-10-17-27-26(29)19-28(24-15-8-9-16-25(24)32-2)34(30,31)23-13-4-3-5-14-23/h3-9,11-16H,10,17-20H2,1-2H3,(H,27,29). The molecule has 0 saturated carbocycles. The molecular weight excluding hydrogens is 468 g/mol. The van der Waals surface area contributed by atoms with Crippen LogP contribution in [0, 0.1) is 6.92 Å². The van der Waals surface area contributed by atoms with E-state index in [1.807, 2.05) is 23.9 Å². The average molecular weight is 499 g/mol. The zero-order valence-electron chi connectivity index (χ0n) is 19.4. The second-order valence-electron chi connectivity index (χ2n) is 7.68. The van der Waals surface area contributed by atoms with Gasteiger partial charge in [-0.05, 0) is 54.5 Å². The minimum atomic E-state index is -3.97. The lowest BCUT2D eigenvalue weighted by molar-refractivity contribution is -0.119. The van der Waals surface area contributed by atoms with Gasteiger partial charge >= 0.3 is 0 Å². The van der Waals surface area contributed by atoms with Gasteiger partial charge in [-0.25, -0.2) is 8.42 Å². The van der Waals surface area contributed by atoms with Gasteiger partial charge in [0.05, 0.1) is 17.7 Å². The molecule has 3 aromatic carbocycles. The maximum absolute atomic E-state index is 13.4. The lowest BCUT2D eigenvalue weighted by Gasteiger charge is -2.25. The molecule has 0 spiro atoms. The summed E-state index contributed by atoms with van der Waals surface area (Å²) in [5.74, 6) is 1.83. The molecule has 0 aromatic heterocycles. The number of thioether (sulfide) groups is 1. The van der Waals surface area contributed by atoms with Crippen molar-refractivity contribution in [3.8, 4) is 5.75 Å². The number of sulfonamides is 1. The molecule has 0 radical (unpaired) electrons. The summed E-state index contributed by atoms with van der Waals surface area (Å²) in [5.41, 5.74) is 2.91. The number of anilines is 1. The van der Waals surface area contributed by atoms with Crippen LogP contribution in [-0.2, 0) is 20.6 Å². The summed E-state index contributed by atoms with van der Waals surface area (Å²) in [6.45, 7) is 2.24. The molecule has 0 fully saturated rings. The van der Waals surface area contributed by atoms with Crippen LogP contribution >= 0.6 is 11.8 Å². The van der Waals surface area contributed by atoms with Gasteiger partial charge in [0.1, 0.15) is 12.3 Å². The SMILES string of the molecule is COc1ccccc1N(CC(=O)NCCCSCc1ccccc1C)S(=O)(=O)c1ccccc1. The van der Waals surface area contributed by atoms with Crippen LogP contribution in [0.1, 0.15) is 17.5 Å². The van der Waals surface area contributed by atoms with E-state index in [0.29, 0.717) is 18.0 Å². The first-order valence-electron chi connectivity index (χ1n) is 11.0. The molecule has 8 heteroatoms. The lowest BCUT2D eigenvalue weighted by atomic mass is 10.1. The number of ether oxygens (including phenoxy) is 1. The number of carbonyl (C=O) groups is 1. The molecule has 1 N–H and O–H groups in total. The highest BCUT2D eigenvalue weighted by Gasteiger charge is 2.29. The first-order valence-corrected chi connectivity index (χ1v) is 13.6. The Kier molecular flexibility index (Phi) is 9.42. The van der Waals surface area contributed by atoms with Gasteiger partial charge in [-0.15, -0.1) is 0 Å². The molecule has 180 valence electrons. The number of rotatable bonds is 12. The summed E-state index contributed by atoms with van der Waals surface area (Å²) < 4.78 is 33.3. The molecule has 0 heterocycles. The van der Waals surface area contributed by atoms with Crippen LogP contribution in [0.3, 0.4) is 0 Å². The second-order valence-corrected chi connectivity index (χ2v) is 10.6. The molecule has 6 nitrogen and oxygen atoms in total. The highest BCUT2D eigenvalue weighted by Crippen LogP contribution is 2.32. The molecule has 34 heavy (non-hydrogen) atoms. The molecule has 1 amide bonds. The largest absolute Gasteiger partial charge is 0.495 e. The molecule has 3 rings (SSSR count). The third-order valence-corrected chi connectivity index (χ3v) is 8.15. The Bertz CT molecular complexity index is 1180. The normalized spacial score (nSPS) is 11.1. The summed E-state index contributed by atoms with van der Waals surface area (Å²) in [4.78, 5) is 12.9. The maximum atomic E-state index is 13.4. The van der Waals surface area contributed by atoms with Crippen molar-refractivity contribution in [1.29, 1.82) is 0 Å². The molecule has 0 saturated heterocycles.